The van der Waals surface area contributed by atoms with Crippen molar-refractivity contribution in [3.8, 4) is 17.2 Å². The molecule has 0 aliphatic carbocycles. The van der Waals surface area contributed by atoms with E-state index in [-0.39, 0.29) is 0 Å². The van der Waals surface area contributed by atoms with Crippen LogP contribution in [0.4, 0.5) is 5.69 Å². The molecular formula is C14H14N4. The fourth-order valence-corrected chi connectivity index (χ4v) is 2.45. The number of hydrogen-bond acceptors (Lipinski definition) is 3. The summed E-state index contributed by atoms with van der Waals surface area (Å²) in [6.07, 6.45) is 4.43. The molecule has 0 saturated carbocycles. The molecule has 0 radical (unpaired) electrons. The van der Waals surface area contributed by atoms with Crippen LogP contribution in [0.15, 0.2) is 30.6 Å². The van der Waals surface area contributed by atoms with Crippen LogP contribution in [0.1, 0.15) is 17.9 Å². The summed E-state index contributed by atoms with van der Waals surface area (Å²) in [5, 5.41) is 16.4. The number of fused-ring (bicyclic) bond motifs is 1. The molecule has 0 fully saturated rings. The number of aromatic nitrogens is 2. The molecule has 0 spiro atoms. The van der Waals surface area contributed by atoms with E-state index in [4.69, 9.17) is 5.26 Å². The van der Waals surface area contributed by atoms with Gasteiger partial charge in [0.1, 0.15) is 0 Å². The van der Waals surface area contributed by atoms with E-state index in [1.807, 2.05) is 19.4 Å². The molecule has 1 aliphatic rings. The number of aryl methyl sites for hydroxylation is 1. The lowest BCUT2D eigenvalue weighted by Gasteiger charge is -2.06. The zero-order chi connectivity index (χ0) is 12.5. The Balaban J connectivity index is 2.00. The molecule has 18 heavy (non-hydrogen) atoms. The van der Waals surface area contributed by atoms with Crippen molar-refractivity contribution >= 4 is 5.69 Å². The van der Waals surface area contributed by atoms with Crippen LogP contribution in [0.2, 0.25) is 0 Å². The van der Waals surface area contributed by atoms with E-state index in [2.05, 4.69) is 34.7 Å². The van der Waals surface area contributed by atoms with Gasteiger partial charge in [-0.15, -0.1) is 0 Å². The summed E-state index contributed by atoms with van der Waals surface area (Å²) in [5.41, 5.74) is 4.68. The van der Waals surface area contributed by atoms with E-state index in [0.717, 1.165) is 23.4 Å². The minimum absolute atomic E-state index is 0.307. The van der Waals surface area contributed by atoms with Gasteiger partial charge in [0.15, 0.2) is 0 Å². The van der Waals surface area contributed by atoms with Crippen molar-refractivity contribution < 1.29 is 0 Å². The van der Waals surface area contributed by atoms with Gasteiger partial charge < -0.3 is 5.32 Å². The molecular weight excluding hydrogens is 224 g/mol. The summed E-state index contributed by atoms with van der Waals surface area (Å²) >= 11 is 0. The second kappa shape index (κ2) is 4.19. The van der Waals surface area contributed by atoms with Crippen LogP contribution in [0, 0.1) is 11.3 Å². The Morgan fingerprint density at radius 3 is 3.11 bits per heavy atom. The lowest BCUT2D eigenvalue weighted by Crippen LogP contribution is -2.00. The minimum Gasteiger partial charge on any atom is -0.384 e. The van der Waals surface area contributed by atoms with Crippen LogP contribution in [0.3, 0.4) is 0 Å². The lowest BCUT2D eigenvalue weighted by molar-refractivity contribution is 0.768. The van der Waals surface area contributed by atoms with Gasteiger partial charge in [-0.1, -0.05) is 6.07 Å². The first kappa shape index (κ1) is 10.8. The van der Waals surface area contributed by atoms with Crippen LogP contribution in [-0.4, -0.2) is 16.3 Å². The van der Waals surface area contributed by atoms with Crippen LogP contribution in [-0.2, 0) is 7.05 Å². The van der Waals surface area contributed by atoms with Crippen molar-refractivity contribution in [1.82, 2.24) is 9.78 Å². The Hall–Kier alpha value is -2.28. The first-order chi connectivity index (χ1) is 8.78. The number of benzene rings is 1. The van der Waals surface area contributed by atoms with Crippen molar-refractivity contribution in [3.63, 3.8) is 0 Å². The van der Waals surface area contributed by atoms with Gasteiger partial charge in [-0.3, -0.25) is 4.68 Å². The molecule has 1 aromatic heterocycles. The van der Waals surface area contributed by atoms with Gasteiger partial charge in [-0.25, -0.2) is 0 Å². The molecule has 3 rings (SSSR count). The third-order valence-corrected chi connectivity index (χ3v) is 3.41. The molecule has 1 unspecified atom stereocenters. The van der Waals surface area contributed by atoms with Crippen molar-refractivity contribution in [3.05, 3.63) is 36.2 Å². The number of nitrogens with zero attached hydrogens (tertiary/aromatic N) is 3. The predicted molar refractivity (Wildman–Crippen MR) is 70.1 cm³/mol. The normalized spacial score (nSPS) is 17.0. The summed E-state index contributed by atoms with van der Waals surface area (Å²) in [6.45, 7) is 0.861. The van der Waals surface area contributed by atoms with E-state index in [9.17, 15) is 0 Å². The number of hydrogen-bond donors (Lipinski definition) is 1. The molecule has 1 N–H and O–H groups in total. The van der Waals surface area contributed by atoms with Gasteiger partial charge in [0, 0.05) is 43.4 Å². The largest absolute Gasteiger partial charge is 0.384 e. The zero-order valence-corrected chi connectivity index (χ0v) is 10.2. The van der Waals surface area contributed by atoms with Crippen LogP contribution in [0.25, 0.3) is 11.1 Å². The Labute approximate surface area is 106 Å². The zero-order valence-electron chi connectivity index (χ0n) is 10.2. The summed E-state index contributed by atoms with van der Waals surface area (Å²) in [4.78, 5) is 0. The Bertz CT molecular complexity index is 621. The number of anilines is 1. The second-order valence-electron chi connectivity index (χ2n) is 4.64. The average molecular weight is 238 g/mol. The Morgan fingerprint density at radius 2 is 2.39 bits per heavy atom. The first-order valence-corrected chi connectivity index (χ1v) is 6.01. The Morgan fingerprint density at radius 1 is 1.50 bits per heavy atom. The maximum atomic E-state index is 8.85. The molecule has 1 aromatic carbocycles. The van der Waals surface area contributed by atoms with E-state index in [0.29, 0.717) is 12.3 Å². The maximum absolute atomic E-state index is 8.85. The Kier molecular flexibility index (Phi) is 2.52. The van der Waals surface area contributed by atoms with Gasteiger partial charge in [0.25, 0.3) is 0 Å². The summed E-state index contributed by atoms with van der Waals surface area (Å²) < 4.78 is 1.80. The fraction of sp³-hybridized carbons (Fsp3) is 0.286. The minimum atomic E-state index is 0.307. The van der Waals surface area contributed by atoms with Gasteiger partial charge in [0.2, 0.25) is 0 Å². The van der Waals surface area contributed by atoms with Gasteiger partial charge in [0.05, 0.1) is 12.3 Å². The molecule has 2 aromatic rings. The van der Waals surface area contributed by atoms with E-state index in [1.165, 1.54) is 5.56 Å². The summed E-state index contributed by atoms with van der Waals surface area (Å²) in [6, 6.07) is 8.62. The highest BCUT2D eigenvalue weighted by molar-refractivity contribution is 5.70. The highest BCUT2D eigenvalue weighted by Crippen LogP contribution is 2.36. The smallest absolute Gasteiger partial charge is 0.0628 e. The van der Waals surface area contributed by atoms with Gasteiger partial charge >= 0.3 is 0 Å². The second-order valence-corrected chi connectivity index (χ2v) is 4.64. The highest BCUT2D eigenvalue weighted by Gasteiger charge is 2.22. The molecule has 0 amide bonds. The molecule has 0 saturated heterocycles. The first-order valence-electron chi connectivity index (χ1n) is 6.01. The third-order valence-electron chi connectivity index (χ3n) is 3.41. The van der Waals surface area contributed by atoms with Gasteiger partial charge in [-0.2, -0.15) is 10.4 Å². The molecule has 4 nitrogen and oxygen atoms in total. The van der Waals surface area contributed by atoms with Crippen LogP contribution >= 0.6 is 0 Å². The standard InChI is InChI=1S/C14H14N4/c1-18-9-12(8-17-18)10-2-3-14-13(6-10)11(4-5-15)7-16-14/h2-3,6,8-9,11,16H,4,7H2,1H3. The maximum Gasteiger partial charge on any atom is 0.0628 e. The molecule has 1 atom stereocenters. The van der Waals surface area contributed by atoms with E-state index >= 15 is 0 Å². The molecule has 1 aliphatic heterocycles. The molecule has 0 bridgehead atoms. The molecule has 2 heterocycles. The average Bonchev–Trinajstić information content (AvgIpc) is 2.96. The van der Waals surface area contributed by atoms with Crippen LogP contribution in [0.5, 0.6) is 0 Å². The number of nitrogens with one attached hydrogen (secondary N) is 1. The van der Waals surface area contributed by atoms with Gasteiger partial charge in [-0.05, 0) is 23.3 Å². The monoisotopic (exact) mass is 238 g/mol. The van der Waals surface area contributed by atoms with Crippen molar-refractivity contribution in [2.24, 2.45) is 7.05 Å². The van der Waals surface area contributed by atoms with Crippen molar-refractivity contribution in [2.45, 2.75) is 12.3 Å². The fourth-order valence-electron chi connectivity index (χ4n) is 2.45. The number of nitriles is 1. The quantitative estimate of drug-likeness (QED) is 0.874. The van der Waals surface area contributed by atoms with E-state index < -0.39 is 0 Å². The summed E-state index contributed by atoms with van der Waals surface area (Å²) in [7, 11) is 1.91. The highest BCUT2D eigenvalue weighted by atomic mass is 15.2. The summed E-state index contributed by atoms with van der Waals surface area (Å²) in [5.74, 6) is 0.307. The number of rotatable bonds is 2. The van der Waals surface area contributed by atoms with Crippen LogP contribution < -0.4 is 5.32 Å². The predicted octanol–water partition coefficient (Wildman–Crippen LogP) is 2.51. The van der Waals surface area contributed by atoms with Crippen molar-refractivity contribution in [2.75, 3.05) is 11.9 Å². The topological polar surface area (TPSA) is 53.6 Å². The van der Waals surface area contributed by atoms with E-state index in [1.54, 1.807) is 4.68 Å². The molecule has 90 valence electrons. The van der Waals surface area contributed by atoms with Crippen molar-refractivity contribution in [1.29, 1.82) is 5.26 Å². The third kappa shape index (κ3) is 1.74. The SMILES string of the molecule is Cn1cc(-c2ccc3c(c2)C(CC#N)CN3)cn1. The molecule has 4 heteroatoms. The lowest BCUT2D eigenvalue weighted by atomic mass is 9.95.